The van der Waals surface area contributed by atoms with Crippen LogP contribution in [0.2, 0.25) is 0 Å². The molecule has 1 aliphatic heterocycles. The molecule has 39 heavy (non-hydrogen) atoms. The lowest BCUT2D eigenvalue weighted by Gasteiger charge is -2.18. The van der Waals surface area contributed by atoms with Gasteiger partial charge >= 0.3 is 11.9 Å². The van der Waals surface area contributed by atoms with Crippen LogP contribution in [0.15, 0.2) is 102 Å². The normalized spacial score (nSPS) is 12.0. The van der Waals surface area contributed by atoms with E-state index in [1.54, 1.807) is 84.9 Å². The molecular weight excluding hydrogens is 500 g/mol. The number of nitrogens with one attached hydrogen (secondary N) is 1. The molecule has 1 heterocycles. The van der Waals surface area contributed by atoms with E-state index in [9.17, 15) is 14.4 Å². The molecule has 0 saturated carbocycles. The van der Waals surface area contributed by atoms with E-state index < -0.39 is 17.8 Å². The predicted octanol–water partition coefficient (Wildman–Crippen LogP) is 4.66. The first-order valence-electron chi connectivity index (χ1n) is 12.0. The highest BCUT2D eigenvalue weighted by molar-refractivity contribution is 5.96. The Morgan fingerprint density at radius 3 is 1.95 bits per heavy atom. The van der Waals surface area contributed by atoms with Crippen LogP contribution in [0.1, 0.15) is 36.6 Å². The van der Waals surface area contributed by atoms with Crippen LogP contribution in [0.4, 0.5) is 0 Å². The van der Waals surface area contributed by atoms with Gasteiger partial charge in [-0.1, -0.05) is 36.4 Å². The lowest BCUT2D eigenvalue weighted by molar-refractivity contribution is 0.0682. The van der Waals surface area contributed by atoms with Crippen molar-refractivity contribution >= 4 is 24.1 Å². The molecule has 1 N–H and O–H groups in total. The molecule has 5 rings (SSSR count). The summed E-state index contributed by atoms with van der Waals surface area (Å²) in [6.07, 6.45) is 1.37. The number of benzene rings is 4. The van der Waals surface area contributed by atoms with E-state index in [0.717, 1.165) is 0 Å². The van der Waals surface area contributed by atoms with E-state index in [1.807, 2.05) is 0 Å². The molecule has 0 radical (unpaired) electrons. The van der Waals surface area contributed by atoms with Gasteiger partial charge in [0.05, 0.1) is 17.3 Å². The average Bonchev–Trinajstić information content (AvgIpc) is 2.99. The highest BCUT2D eigenvalue weighted by atomic mass is 16.6. The van der Waals surface area contributed by atoms with Crippen LogP contribution in [0, 0.1) is 0 Å². The van der Waals surface area contributed by atoms with Crippen molar-refractivity contribution in [3.8, 4) is 23.0 Å². The van der Waals surface area contributed by atoms with Crippen LogP contribution in [0.25, 0.3) is 0 Å². The molecule has 1 aliphatic rings. The molecule has 0 aromatic heterocycles. The minimum atomic E-state index is -0.631. The Bertz CT molecular complexity index is 1540. The van der Waals surface area contributed by atoms with Crippen LogP contribution < -0.4 is 24.4 Å². The lowest BCUT2D eigenvalue weighted by atomic mass is 10.2. The minimum absolute atomic E-state index is 0.00949. The molecule has 9 heteroatoms. The molecule has 0 unspecified atom stereocenters. The fourth-order valence-corrected chi connectivity index (χ4v) is 3.65. The molecule has 1 amide bonds. The van der Waals surface area contributed by atoms with Crippen LogP contribution in [0.3, 0.4) is 0 Å². The van der Waals surface area contributed by atoms with E-state index in [-0.39, 0.29) is 11.5 Å². The van der Waals surface area contributed by atoms with Crippen molar-refractivity contribution in [2.45, 2.75) is 0 Å². The predicted molar refractivity (Wildman–Crippen MR) is 142 cm³/mol. The number of hydrogen-bond donors (Lipinski definition) is 1. The van der Waals surface area contributed by atoms with Gasteiger partial charge in [-0.15, -0.1) is 0 Å². The molecule has 4 aromatic rings. The Hall–Kier alpha value is -5.44. The van der Waals surface area contributed by atoms with E-state index in [1.165, 1.54) is 18.3 Å². The third kappa shape index (κ3) is 6.28. The number of carbonyl (C=O) groups excluding carboxylic acids is 3. The molecule has 194 valence electrons. The number of hydrogen-bond acceptors (Lipinski definition) is 8. The van der Waals surface area contributed by atoms with Gasteiger partial charge in [0.15, 0.2) is 23.0 Å². The number of fused-ring (bicyclic) bond motifs is 1. The number of hydrazone groups is 1. The summed E-state index contributed by atoms with van der Waals surface area (Å²) >= 11 is 0. The maximum atomic E-state index is 12.7. The van der Waals surface area contributed by atoms with Gasteiger partial charge in [0.1, 0.15) is 13.2 Å². The van der Waals surface area contributed by atoms with Gasteiger partial charge in [-0.05, 0) is 66.2 Å². The Kier molecular flexibility index (Phi) is 7.59. The van der Waals surface area contributed by atoms with Crippen molar-refractivity contribution in [1.82, 2.24) is 5.43 Å². The largest absolute Gasteiger partial charge is 0.486 e. The van der Waals surface area contributed by atoms with Gasteiger partial charge in [-0.2, -0.15) is 5.10 Å². The average molecular weight is 523 g/mol. The molecule has 0 atom stereocenters. The third-order valence-corrected chi connectivity index (χ3v) is 5.58. The van der Waals surface area contributed by atoms with Gasteiger partial charge in [0.25, 0.3) is 5.91 Å². The van der Waals surface area contributed by atoms with Crippen LogP contribution >= 0.6 is 0 Å². The van der Waals surface area contributed by atoms with E-state index >= 15 is 0 Å². The lowest BCUT2D eigenvalue weighted by Crippen LogP contribution is -2.19. The number of ether oxygens (including phenoxy) is 4. The SMILES string of the molecule is O=C(N/N=C/c1ccc(OC(=O)c2ccccc2)c(OC(=O)c2ccccc2)c1)c1ccc2c(c1)OCCO2. The zero-order valence-electron chi connectivity index (χ0n) is 20.5. The standard InChI is InChI=1S/C30H22N2O7/c33-28(23-12-14-24-26(18-23)37-16-15-36-24)32-31-19-20-11-13-25(38-29(34)21-7-3-1-4-8-21)27(17-20)39-30(35)22-9-5-2-6-10-22/h1-14,17-19H,15-16H2,(H,32,33)/b31-19+. The molecule has 0 bridgehead atoms. The van der Waals surface area contributed by atoms with Crippen molar-refractivity contribution in [2.75, 3.05) is 13.2 Å². The summed E-state index contributed by atoms with van der Waals surface area (Å²) in [6.45, 7) is 0.861. The zero-order chi connectivity index (χ0) is 27.0. The van der Waals surface area contributed by atoms with Crippen LogP contribution in [-0.2, 0) is 0 Å². The minimum Gasteiger partial charge on any atom is -0.486 e. The quantitative estimate of drug-likeness (QED) is 0.163. The van der Waals surface area contributed by atoms with Gasteiger partial charge in [0.2, 0.25) is 0 Å². The van der Waals surface area contributed by atoms with E-state index in [2.05, 4.69) is 10.5 Å². The fourth-order valence-electron chi connectivity index (χ4n) is 3.65. The maximum absolute atomic E-state index is 12.7. The fraction of sp³-hybridized carbons (Fsp3) is 0.0667. The Morgan fingerprint density at radius 1 is 0.667 bits per heavy atom. The summed E-state index contributed by atoms with van der Waals surface area (Å²) in [5, 5.41) is 4.00. The summed E-state index contributed by atoms with van der Waals surface area (Å²) in [4.78, 5) is 37.9. The molecule has 9 nitrogen and oxygen atoms in total. The smallest absolute Gasteiger partial charge is 0.343 e. The van der Waals surface area contributed by atoms with Crippen molar-refractivity contribution in [3.05, 3.63) is 119 Å². The monoisotopic (exact) mass is 522 g/mol. The molecule has 0 spiro atoms. The molecule has 4 aromatic carbocycles. The first-order valence-corrected chi connectivity index (χ1v) is 12.0. The summed E-state index contributed by atoms with van der Waals surface area (Å²) in [7, 11) is 0. The van der Waals surface area contributed by atoms with Gasteiger partial charge in [0, 0.05) is 5.56 Å². The molecule has 0 aliphatic carbocycles. The number of rotatable bonds is 7. The van der Waals surface area contributed by atoms with Crippen LogP contribution in [0.5, 0.6) is 23.0 Å². The second-order valence-corrected chi connectivity index (χ2v) is 8.27. The first-order chi connectivity index (χ1) is 19.1. The number of carbonyl (C=O) groups is 3. The highest BCUT2D eigenvalue weighted by Crippen LogP contribution is 2.31. The van der Waals surface area contributed by atoms with Crippen molar-refractivity contribution in [2.24, 2.45) is 5.10 Å². The Labute approximate surface area is 223 Å². The Balaban J connectivity index is 1.33. The number of amides is 1. The third-order valence-electron chi connectivity index (χ3n) is 5.58. The zero-order valence-corrected chi connectivity index (χ0v) is 20.5. The summed E-state index contributed by atoms with van der Waals surface area (Å²) < 4.78 is 22.1. The maximum Gasteiger partial charge on any atom is 0.343 e. The summed E-state index contributed by atoms with van der Waals surface area (Å²) in [6, 6.07) is 26.3. The molecule has 0 saturated heterocycles. The van der Waals surface area contributed by atoms with Gasteiger partial charge in [-0.3, -0.25) is 4.79 Å². The molecule has 0 fully saturated rings. The van der Waals surface area contributed by atoms with E-state index in [0.29, 0.717) is 47.0 Å². The second-order valence-electron chi connectivity index (χ2n) is 8.27. The van der Waals surface area contributed by atoms with Crippen molar-refractivity contribution in [3.63, 3.8) is 0 Å². The Morgan fingerprint density at radius 2 is 1.28 bits per heavy atom. The first kappa shape index (κ1) is 25.2. The summed E-state index contributed by atoms with van der Waals surface area (Å²) in [5.74, 6) is -0.571. The van der Waals surface area contributed by atoms with E-state index in [4.69, 9.17) is 18.9 Å². The topological polar surface area (TPSA) is 113 Å². The van der Waals surface area contributed by atoms with Gasteiger partial charge < -0.3 is 18.9 Å². The second kappa shape index (κ2) is 11.7. The van der Waals surface area contributed by atoms with Crippen molar-refractivity contribution in [1.29, 1.82) is 0 Å². The summed E-state index contributed by atoms with van der Waals surface area (Å²) in [5.41, 5.74) is 3.93. The highest BCUT2D eigenvalue weighted by Gasteiger charge is 2.17. The molecular formula is C30H22N2O7. The number of esters is 2. The van der Waals surface area contributed by atoms with Crippen LogP contribution in [-0.4, -0.2) is 37.3 Å². The van der Waals surface area contributed by atoms with Gasteiger partial charge in [-0.25, -0.2) is 15.0 Å². The van der Waals surface area contributed by atoms with Crippen molar-refractivity contribution < 1.29 is 33.3 Å². The number of nitrogens with zero attached hydrogens (tertiary/aromatic N) is 1.